The van der Waals surface area contributed by atoms with E-state index in [2.05, 4.69) is 34.2 Å². The molecule has 0 saturated carbocycles. The molecule has 4 N–H and O–H groups in total. The van der Waals surface area contributed by atoms with Crippen molar-refractivity contribution in [2.24, 2.45) is 5.92 Å². The number of anilines is 2. The van der Waals surface area contributed by atoms with Crippen molar-refractivity contribution in [3.63, 3.8) is 0 Å². The Bertz CT molecular complexity index is 635. The minimum Gasteiger partial charge on any atom is -0.334 e. The highest BCUT2D eigenvalue weighted by atomic mass is 32.2. The molecule has 0 fully saturated rings. The van der Waals surface area contributed by atoms with Crippen LogP contribution in [0, 0.1) is 5.92 Å². The summed E-state index contributed by atoms with van der Waals surface area (Å²) in [5.41, 5.74) is 2.45. The van der Waals surface area contributed by atoms with Gasteiger partial charge in [0.15, 0.2) is 5.75 Å². The van der Waals surface area contributed by atoms with Gasteiger partial charge in [0, 0.05) is 30.5 Å². The molecule has 1 heterocycles. The molecule has 6 nitrogen and oxygen atoms in total. The van der Waals surface area contributed by atoms with Gasteiger partial charge in [0.05, 0.1) is 5.69 Å². The van der Waals surface area contributed by atoms with E-state index in [-0.39, 0.29) is 6.03 Å². The van der Waals surface area contributed by atoms with E-state index in [1.54, 1.807) is 24.5 Å². The van der Waals surface area contributed by atoms with E-state index >= 15 is 0 Å². The van der Waals surface area contributed by atoms with Crippen LogP contribution in [0.5, 0.6) is 0 Å². The van der Waals surface area contributed by atoms with Gasteiger partial charge in [-0.3, -0.25) is 4.98 Å². The van der Waals surface area contributed by atoms with Crippen LogP contribution >= 0.6 is 0 Å². The first-order chi connectivity index (χ1) is 11.5. The molecule has 0 aliphatic heterocycles. The molecule has 1 aromatic heterocycles. The Morgan fingerprint density at radius 1 is 1.21 bits per heavy atom. The average molecular weight is 347 g/mol. The first kappa shape index (κ1) is 18.1. The molecule has 0 bridgehead atoms. The summed E-state index contributed by atoms with van der Waals surface area (Å²) in [7, 11) is 0. The van der Waals surface area contributed by atoms with Crippen LogP contribution in [0.4, 0.5) is 16.2 Å². The minimum absolute atomic E-state index is 0.277. The highest BCUT2D eigenvalue weighted by Crippen LogP contribution is 2.15. The van der Waals surface area contributed by atoms with Crippen LogP contribution in [-0.2, 0) is 17.9 Å². The second-order valence-electron chi connectivity index (χ2n) is 5.77. The van der Waals surface area contributed by atoms with Crippen LogP contribution in [0.15, 0.2) is 48.8 Å². The zero-order valence-corrected chi connectivity index (χ0v) is 14.6. The predicted molar refractivity (Wildman–Crippen MR) is 99.9 cm³/mol. The Balaban J connectivity index is 1.79. The Morgan fingerprint density at radius 3 is 2.54 bits per heavy atom. The number of pyridine rings is 1. The monoisotopic (exact) mass is 347 g/mol. The highest BCUT2D eigenvalue weighted by molar-refractivity contribution is 7.92. The van der Waals surface area contributed by atoms with Crippen LogP contribution in [0.3, 0.4) is 0 Å². The standard InChI is InChI=1S/C17H22N4O2S/c1-13(2)12-24(23)21-16-7-5-15(6-8-16)20-17(22)19-11-14-4-3-9-18-10-14/h3-10,13,21,23H,11-12H2,1-2H3,(H-,19,20,22)/p+1. The maximum absolute atomic E-state index is 11.9. The lowest BCUT2D eigenvalue weighted by atomic mass is 10.3. The Kier molecular flexibility index (Phi) is 6.89. The van der Waals surface area contributed by atoms with Crippen LogP contribution in [-0.4, -0.2) is 21.3 Å². The maximum atomic E-state index is 11.9. The van der Waals surface area contributed by atoms with Gasteiger partial charge < -0.3 is 10.6 Å². The van der Waals surface area contributed by atoms with Gasteiger partial charge in [-0.1, -0.05) is 19.9 Å². The van der Waals surface area contributed by atoms with E-state index in [0.29, 0.717) is 23.9 Å². The van der Waals surface area contributed by atoms with Gasteiger partial charge in [-0.15, -0.1) is 0 Å². The molecule has 0 radical (unpaired) electrons. The Labute approximate surface area is 145 Å². The first-order valence-electron chi connectivity index (χ1n) is 7.73. The van der Waals surface area contributed by atoms with E-state index in [0.717, 1.165) is 11.3 Å². The molecule has 2 rings (SSSR count). The fourth-order valence-electron chi connectivity index (χ4n) is 1.98. The zero-order valence-electron chi connectivity index (χ0n) is 13.8. The number of hydrogen-bond donors (Lipinski definition) is 4. The quantitative estimate of drug-likeness (QED) is 0.578. The first-order valence-corrected chi connectivity index (χ1v) is 9.08. The Hall–Kier alpha value is -2.25. The van der Waals surface area contributed by atoms with Crippen LogP contribution in [0.2, 0.25) is 0 Å². The normalized spacial score (nSPS) is 11.8. The molecule has 128 valence electrons. The lowest BCUT2D eigenvalue weighted by molar-refractivity contribution is 0.251. The number of amides is 2. The predicted octanol–water partition coefficient (Wildman–Crippen LogP) is 3.48. The average Bonchev–Trinajstić information content (AvgIpc) is 2.55. The number of rotatable bonds is 7. The summed E-state index contributed by atoms with van der Waals surface area (Å²) in [4.78, 5) is 15.9. The van der Waals surface area contributed by atoms with Crippen molar-refractivity contribution in [1.82, 2.24) is 10.3 Å². The summed E-state index contributed by atoms with van der Waals surface area (Å²) in [6, 6.07) is 10.7. The molecular formula is C17H23N4O2S+. The molecule has 2 aromatic rings. The lowest BCUT2D eigenvalue weighted by Crippen LogP contribution is -2.28. The third-order valence-corrected chi connectivity index (χ3v) is 4.50. The topological polar surface area (TPSA) is 86.3 Å². The number of carbonyl (C=O) groups excluding carboxylic acids is 1. The van der Waals surface area contributed by atoms with Gasteiger partial charge in [-0.05, 0) is 35.9 Å². The van der Waals surface area contributed by atoms with Crippen molar-refractivity contribution < 1.29 is 9.35 Å². The fourth-order valence-corrected chi connectivity index (χ4v) is 3.10. The van der Waals surface area contributed by atoms with Crippen molar-refractivity contribution in [1.29, 1.82) is 0 Å². The fraction of sp³-hybridized carbons (Fsp3) is 0.294. The number of carbonyl (C=O) groups is 1. The number of hydrogen-bond acceptors (Lipinski definition) is 4. The largest absolute Gasteiger partial charge is 0.334 e. The highest BCUT2D eigenvalue weighted by Gasteiger charge is 2.17. The van der Waals surface area contributed by atoms with Gasteiger partial charge in [-0.2, -0.15) is 9.27 Å². The molecule has 24 heavy (non-hydrogen) atoms. The van der Waals surface area contributed by atoms with Gasteiger partial charge in [0.2, 0.25) is 0 Å². The summed E-state index contributed by atoms with van der Waals surface area (Å²) < 4.78 is 12.9. The van der Waals surface area contributed by atoms with E-state index in [1.807, 2.05) is 24.3 Å². The van der Waals surface area contributed by atoms with Crippen LogP contribution < -0.4 is 15.4 Å². The zero-order chi connectivity index (χ0) is 17.4. The molecule has 0 aliphatic rings. The summed E-state index contributed by atoms with van der Waals surface area (Å²) in [5.74, 6) is 1.13. The number of benzene rings is 1. The molecule has 1 atom stereocenters. The lowest BCUT2D eigenvalue weighted by Gasteiger charge is -2.09. The molecular weight excluding hydrogens is 324 g/mol. The van der Waals surface area contributed by atoms with Gasteiger partial charge in [0.1, 0.15) is 0 Å². The molecule has 1 aromatic carbocycles. The third-order valence-electron chi connectivity index (χ3n) is 3.05. The molecule has 0 spiro atoms. The van der Waals surface area contributed by atoms with E-state index in [1.165, 1.54) is 0 Å². The van der Waals surface area contributed by atoms with Crippen molar-refractivity contribution in [3.05, 3.63) is 54.4 Å². The minimum atomic E-state index is -0.848. The SMILES string of the molecule is CC(C)C[S+](O)Nc1ccc(NC(=O)NCc2cccnc2)cc1. The van der Waals surface area contributed by atoms with Crippen molar-refractivity contribution in [2.45, 2.75) is 20.4 Å². The van der Waals surface area contributed by atoms with Crippen molar-refractivity contribution in [3.8, 4) is 0 Å². The molecule has 0 aliphatic carbocycles. The third kappa shape index (κ3) is 6.47. The van der Waals surface area contributed by atoms with Crippen LogP contribution in [0.1, 0.15) is 19.4 Å². The van der Waals surface area contributed by atoms with E-state index < -0.39 is 11.4 Å². The second-order valence-corrected chi connectivity index (χ2v) is 7.04. The summed E-state index contributed by atoms with van der Waals surface area (Å²) >= 11 is -0.848. The Morgan fingerprint density at radius 2 is 1.92 bits per heavy atom. The number of nitrogens with zero attached hydrogens (tertiary/aromatic N) is 1. The van der Waals surface area contributed by atoms with Gasteiger partial charge in [0.25, 0.3) is 11.4 Å². The summed E-state index contributed by atoms with van der Waals surface area (Å²) in [6.07, 6.45) is 3.40. The smallest absolute Gasteiger partial charge is 0.319 e. The molecule has 7 heteroatoms. The second kappa shape index (κ2) is 9.14. The molecule has 2 amide bonds. The number of urea groups is 1. The number of nitrogens with one attached hydrogen (secondary N) is 3. The van der Waals surface area contributed by atoms with E-state index in [9.17, 15) is 9.35 Å². The van der Waals surface area contributed by atoms with E-state index in [4.69, 9.17) is 0 Å². The molecule has 1 unspecified atom stereocenters. The molecule has 0 saturated heterocycles. The van der Waals surface area contributed by atoms with Gasteiger partial charge in [-0.25, -0.2) is 4.79 Å². The maximum Gasteiger partial charge on any atom is 0.319 e. The van der Waals surface area contributed by atoms with Crippen LogP contribution in [0.25, 0.3) is 0 Å². The summed E-state index contributed by atoms with van der Waals surface area (Å²) in [5, 5.41) is 5.54. The van der Waals surface area contributed by atoms with Crippen molar-refractivity contribution in [2.75, 3.05) is 15.8 Å². The van der Waals surface area contributed by atoms with Gasteiger partial charge >= 0.3 is 6.03 Å². The summed E-state index contributed by atoms with van der Waals surface area (Å²) in [6.45, 7) is 4.55. The number of aromatic nitrogens is 1. The van der Waals surface area contributed by atoms with Crippen molar-refractivity contribution >= 4 is 28.8 Å².